The minimum Gasteiger partial charge on any atom is -0.454 e. The zero-order chi connectivity index (χ0) is 21.3. The van der Waals surface area contributed by atoms with Crippen molar-refractivity contribution in [2.45, 2.75) is 0 Å². The monoisotopic (exact) mass is 411 g/mol. The second-order valence-corrected chi connectivity index (χ2v) is 7.90. The first-order chi connectivity index (χ1) is 15.9. The number of hydrogen-bond donors (Lipinski definition) is 1. The second kappa shape index (κ2) is 7.75. The molecule has 0 radical (unpaired) electrons. The Bertz CT molecular complexity index is 1530. The molecule has 0 bridgehead atoms. The summed E-state index contributed by atoms with van der Waals surface area (Å²) in [4.78, 5) is 0. The van der Waals surface area contributed by atoms with Crippen LogP contribution in [0.5, 0.6) is 0 Å². The summed E-state index contributed by atoms with van der Waals surface area (Å²) in [6.45, 7) is 0. The van der Waals surface area contributed by atoms with Crippen molar-refractivity contribution in [2.24, 2.45) is 0 Å². The summed E-state index contributed by atoms with van der Waals surface area (Å²) < 4.78 is 6.23. The van der Waals surface area contributed by atoms with E-state index < -0.39 is 0 Å². The fraction of sp³-hybridized carbons (Fsp3) is 0. The van der Waals surface area contributed by atoms with E-state index in [0.29, 0.717) is 0 Å². The van der Waals surface area contributed by atoms with Crippen LogP contribution in [0.15, 0.2) is 126 Å². The third-order valence-corrected chi connectivity index (χ3v) is 5.89. The van der Waals surface area contributed by atoms with Gasteiger partial charge in [-0.15, -0.1) is 0 Å². The second-order valence-electron chi connectivity index (χ2n) is 7.90. The molecule has 6 aromatic rings. The minimum atomic E-state index is 0.875. The molecule has 0 atom stereocenters. The zero-order valence-corrected chi connectivity index (χ0v) is 17.5. The van der Waals surface area contributed by atoms with Gasteiger partial charge in [0.15, 0.2) is 5.58 Å². The van der Waals surface area contributed by atoms with Gasteiger partial charge in [-0.1, -0.05) is 97.1 Å². The Kier molecular flexibility index (Phi) is 4.47. The van der Waals surface area contributed by atoms with E-state index in [4.69, 9.17) is 4.42 Å². The van der Waals surface area contributed by atoms with E-state index in [1.54, 1.807) is 0 Å². The first-order valence-electron chi connectivity index (χ1n) is 10.8. The van der Waals surface area contributed by atoms with Crippen LogP contribution in [-0.2, 0) is 0 Å². The number of anilines is 2. The maximum atomic E-state index is 6.23. The van der Waals surface area contributed by atoms with Crippen LogP contribution in [0.4, 0.5) is 11.4 Å². The Hall–Kier alpha value is -4.30. The molecule has 32 heavy (non-hydrogen) atoms. The average molecular weight is 412 g/mol. The van der Waals surface area contributed by atoms with Gasteiger partial charge in [0, 0.05) is 22.0 Å². The van der Waals surface area contributed by atoms with Crippen LogP contribution in [0, 0.1) is 0 Å². The van der Waals surface area contributed by atoms with Gasteiger partial charge in [-0.05, 0) is 41.0 Å². The van der Waals surface area contributed by atoms with Crippen molar-refractivity contribution in [3.8, 4) is 22.3 Å². The summed E-state index contributed by atoms with van der Waals surface area (Å²) >= 11 is 0. The van der Waals surface area contributed by atoms with E-state index in [9.17, 15) is 0 Å². The third kappa shape index (κ3) is 3.23. The molecule has 2 nitrogen and oxygen atoms in total. The third-order valence-electron chi connectivity index (χ3n) is 5.89. The van der Waals surface area contributed by atoms with Crippen molar-refractivity contribution in [3.05, 3.63) is 121 Å². The van der Waals surface area contributed by atoms with Crippen LogP contribution >= 0.6 is 0 Å². The molecule has 0 aliphatic heterocycles. The van der Waals surface area contributed by atoms with Crippen molar-refractivity contribution in [2.75, 3.05) is 5.32 Å². The Balaban J connectivity index is 1.50. The summed E-state index contributed by atoms with van der Waals surface area (Å²) in [5.41, 5.74) is 8.50. The van der Waals surface area contributed by atoms with E-state index in [1.165, 1.54) is 16.7 Å². The fourth-order valence-electron chi connectivity index (χ4n) is 4.31. The highest BCUT2D eigenvalue weighted by Gasteiger charge is 2.13. The topological polar surface area (TPSA) is 25.2 Å². The number of hydrogen-bond acceptors (Lipinski definition) is 2. The number of fused-ring (bicyclic) bond motifs is 3. The average Bonchev–Trinajstić information content (AvgIpc) is 3.25. The summed E-state index contributed by atoms with van der Waals surface area (Å²) in [6, 6.07) is 42.0. The molecule has 0 saturated heterocycles. The highest BCUT2D eigenvalue weighted by molar-refractivity contribution is 6.09. The van der Waals surface area contributed by atoms with Crippen LogP contribution in [0.2, 0.25) is 0 Å². The molecular weight excluding hydrogens is 390 g/mol. The summed E-state index contributed by atoms with van der Waals surface area (Å²) in [7, 11) is 0. The Morgan fingerprint density at radius 2 is 1.16 bits per heavy atom. The van der Waals surface area contributed by atoms with Crippen molar-refractivity contribution in [3.63, 3.8) is 0 Å². The quantitative estimate of drug-likeness (QED) is 0.314. The molecule has 1 N–H and O–H groups in total. The maximum Gasteiger partial charge on any atom is 0.158 e. The van der Waals surface area contributed by atoms with E-state index in [1.807, 2.05) is 30.3 Å². The van der Waals surface area contributed by atoms with Gasteiger partial charge >= 0.3 is 0 Å². The molecule has 2 heteroatoms. The van der Waals surface area contributed by atoms with Gasteiger partial charge in [0.2, 0.25) is 0 Å². The Labute approximate surface area is 186 Å². The van der Waals surface area contributed by atoms with Crippen molar-refractivity contribution in [1.82, 2.24) is 0 Å². The molecule has 6 rings (SSSR count). The maximum absolute atomic E-state index is 6.23. The molecule has 5 aromatic carbocycles. The van der Waals surface area contributed by atoms with Crippen LogP contribution in [0.1, 0.15) is 0 Å². The SMILES string of the molecule is c1ccc(-c2ccc(Nc3cccc4c3oc3ccccc34)c(-c3ccccc3)c2)cc1. The molecule has 152 valence electrons. The van der Waals surface area contributed by atoms with E-state index in [-0.39, 0.29) is 0 Å². The van der Waals surface area contributed by atoms with Gasteiger partial charge in [0.05, 0.1) is 5.69 Å². The lowest BCUT2D eigenvalue weighted by molar-refractivity contribution is 0.670. The molecule has 0 amide bonds. The predicted octanol–water partition coefficient (Wildman–Crippen LogP) is 8.66. The smallest absolute Gasteiger partial charge is 0.158 e. The van der Waals surface area contributed by atoms with E-state index in [0.717, 1.165) is 38.9 Å². The zero-order valence-electron chi connectivity index (χ0n) is 17.5. The van der Waals surface area contributed by atoms with Crippen LogP contribution in [0.3, 0.4) is 0 Å². The van der Waals surface area contributed by atoms with Crippen LogP contribution < -0.4 is 5.32 Å². The summed E-state index contributed by atoms with van der Waals surface area (Å²) in [5.74, 6) is 0. The van der Waals surface area contributed by atoms with Gasteiger partial charge in [-0.3, -0.25) is 0 Å². The molecule has 0 aliphatic carbocycles. The van der Waals surface area contributed by atoms with E-state index in [2.05, 4.69) is 96.3 Å². The lowest BCUT2D eigenvalue weighted by atomic mass is 9.97. The normalized spacial score (nSPS) is 11.1. The standard InChI is InChI=1S/C30H21NO/c1-3-10-21(11-4-1)23-18-19-27(26(20-23)22-12-5-2-6-13-22)31-28-16-9-15-25-24-14-7-8-17-29(24)32-30(25)28/h1-20,31H. The lowest BCUT2D eigenvalue weighted by Crippen LogP contribution is -1.94. The molecule has 1 heterocycles. The lowest BCUT2D eigenvalue weighted by Gasteiger charge is -2.15. The number of rotatable bonds is 4. The predicted molar refractivity (Wildman–Crippen MR) is 134 cm³/mol. The van der Waals surface area contributed by atoms with Crippen LogP contribution in [0.25, 0.3) is 44.2 Å². The largest absolute Gasteiger partial charge is 0.454 e. The van der Waals surface area contributed by atoms with Crippen molar-refractivity contribution < 1.29 is 4.42 Å². The van der Waals surface area contributed by atoms with Crippen LogP contribution in [-0.4, -0.2) is 0 Å². The summed E-state index contributed by atoms with van der Waals surface area (Å²) in [5, 5.41) is 5.91. The first kappa shape index (κ1) is 18.5. The molecule has 0 spiro atoms. The molecule has 0 fully saturated rings. The van der Waals surface area contributed by atoms with Crippen molar-refractivity contribution in [1.29, 1.82) is 0 Å². The number of furan rings is 1. The molecular formula is C30H21NO. The van der Waals surface area contributed by atoms with Gasteiger partial charge in [0.25, 0.3) is 0 Å². The molecule has 0 aliphatic rings. The van der Waals surface area contributed by atoms with E-state index >= 15 is 0 Å². The summed E-state index contributed by atoms with van der Waals surface area (Å²) in [6.07, 6.45) is 0. The highest BCUT2D eigenvalue weighted by atomic mass is 16.3. The van der Waals surface area contributed by atoms with Gasteiger partial charge < -0.3 is 9.73 Å². The molecule has 1 aromatic heterocycles. The molecule has 0 unspecified atom stereocenters. The fourth-order valence-corrected chi connectivity index (χ4v) is 4.31. The number of para-hydroxylation sites is 2. The number of benzene rings is 5. The number of nitrogens with one attached hydrogen (secondary N) is 1. The Morgan fingerprint density at radius 1 is 0.469 bits per heavy atom. The van der Waals surface area contributed by atoms with Crippen molar-refractivity contribution >= 4 is 33.3 Å². The Morgan fingerprint density at radius 3 is 1.97 bits per heavy atom. The van der Waals surface area contributed by atoms with Gasteiger partial charge in [0.1, 0.15) is 5.58 Å². The minimum absolute atomic E-state index is 0.875. The van der Waals surface area contributed by atoms with Gasteiger partial charge in [-0.2, -0.15) is 0 Å². The van der Waals surface area contributed by atoms with Gasteiger partial charge in [-0.25, -0.2) is 0 Å². The highest BCUT2D eigenvalue weighted by Crippen LogP contribution is 2.38. The molecule has 0 saturated carbocycles. The first-order valence-corrected chi connectivity index (χ1v) is 10.8.